The predicted molar refractivity (Wildman–Crippen MR) is 72.5 cm³/mol. The molecule has 19 heavy (non-hydrogen) atoms. The van der Waals surface area contributed by atoms with E-state index in [9.17, 15) is 9.59 Å². The third-order valence-corrected chi connectivity index (χ3v) is 2.93. The van der Waals surface area contributed by atoms with E-state index in [-0.39, 0.29) is 11.8 Å². The summed E-state index contributed by atoms with van der Waals surface area (Å²) in [5.41, 5.74) is 0.831. The van der Waals surface area contributed by atoms with Crippen LogP contribution in [0.1, 0.15) is 26.2 Å². The van der Waals surface area contributed by atoms with Crippen molar-refractivity contribution in [1.29, 1.82) is 0 Å². The Bertz CT molecular complexity index is 481. The van der Waals surface area contributed by atoms with Crippen LogP contribution >= 0.6 is 0 Å². The molecule has 1 aliphatic heterocycles. The molecule has 0 aromatic heterocycles. The van der Waals surface area contributed by atoms with Crippen molar-refractivity contribution in [3.63, 3.8) is 0 Å². The largest absolute Gasteiger partial charge is 0.433 e. The summed E-state index contributed by atoms with van der Waals surface area (Å²) in [5, 5.41) is 0. The molecule has 100 valence electrons. The zero-order chi connectivity index (χ0) is 13.7. The van der Waals surface area contributed by atoms with Gasteiger partial charge in [-0.25, -0.2) is 0 Å². The molecule has 0 saturated heterocycles. The molecule has 0 N–H and O–H groups in total. The first-order valence-electron chi connectivity index (χ1n) is 6.47. The van der Waals surface area contributed by atoms with Crippen molar-refractivity contribution in [3.05, 3.63) is 42.6 Å². The molecule has 2 rings (SSSR count). The molecule has 1 aliphatic rings. The highest BCUT2D eigenvalue weighted by molar-refractivity contribution is 6.00. The highest BCUT2D eigenvalue weighted by Gasteiger charge is 2.31. The summed E-state index contributed by atoms with van der Waals surface area (Å²) in [5.74, 6) is -0.529. The van der Waals surface area contributed by atoms with Gasteiger partial charge in [-0.3, -0.25) is 9.59 Å². The standard InChI is InChI=1S/C15H17NO3/c1-2-3-9-14(18)19-15-13(17)10-11-16(15)12-7-5-4-6-8-12/h4-8,10-11,15H,2-3,9H2,1H3. The van der Waals surface area contributed by atoms with Gasteiger partial charge in [0.25, 0.3) is 0 Å². The summed E-state index contributed by atoms with van der Waals surface area (Å²) >= 11 is 0. The maximum Gasteiger partial charge on any atom is 0.308 e. The lowest BCUT2D eigenvalue weighted by atomic mass is 10.2. The summed E-state index contributed by atoms with van der Waals surface area (Å²) in [7, 11) is 0. The topological polar surface area (TPSA) is 46.6 Å². The quantitative estimate of drug-likeness (QED) is 0.763. The van der Waals surface area contributed by atoms with Crippen molar-refractivity contribution in [1.82, 2.24) is 0 Å². The molecule has 1 unspecified atom stereocenters. The van der Waals surface area contributed by atoms with Gasteiger partial charge in [-0.15, -0.1) is 0 Å². The van der Waals surface area contributed by atoms with E-state index in [2.05, 4.69) is 0 Å². The van der Waals surface area contributed by atoms with E-state index in [4.69, 9.17) is 4.74 Å². The van der Waals surface area contributed by atoms with Crippen LogP contribution in [0.25, 0.3) is 0 Å². The number of carbonyl (C=O) groups is 2. The molecule has 0 radical (unpaired) electrons. The first-order chi connectivity index (χ1) is 9.22. The summed E-state index contributed by atoms with van der Waals surface area (Å²) in [4.78, 5) is 25.1. The minimum absolute atomic E-state index is 0.200. The van der Waals surface area contributed by atoms with Gasteiger partial charge in [0.05, 0.1) is 0 Å². The number of anilines is 1. The summed E-state index contributed by atoms with van der Waals surface area (Å²) in [6.07, 6.45) is 4.28. The van der Waals surface area contributed by atoms with Gasteiger partial charge in [0.15, 0.2) is 0 Å². The van der Waals surface area contributed by atoms with Crippen molar-refractivity contribution in [2.24, 2.45) is 0 Å². The van der Waals surface area contributed by atoms with E-state index in [1.807, 2.05) is 37.3 Å². The van der Waals surface area contributed by atoms with Gasteiger partial charge in [-0.2, -0.15) is 0 Å². The van der Waals surface area contributed by atoms with Gasteiger partial charge in [-0.1, -0.05) is 31.5 Å². The van der Waals surface area contributed by atoms with Crippen LogP contribution in [-0.2, 0) is 14.3 Å². The van der Waals surface area contributed by atoms with Crippen molar-refractivity contribution in [2.75, 3.05) is 4.90 Å². The average molecular weight is 259 g/mol. The van der Waals surface area contributed by atoms with Crippen molar-refractivity contribution in [2.45, 2.75) is 32.4 Å². The van der Waals surface area contributed by atoms with Crippen LogP contribution in [0.2, 0.25) is 0 Å². The monoisotopic (exact) mass is 259 g/mol. The number of nitrogens with zero attached hydrogens (tertiary/aromatic N) is 1. The van der Waals surface area contributed by atoms with Crippen LogP contribution < -0.4 is 4.90 Å². The smallest absolute Gasteiger partial charge is 0.308 e. The molecule has 1 heterocycles. The van der Waals surface area contributed by atoms with Gasteiger partial charge in [0.1, 0.15) is 0 Å². The van der Waals surface area contributed by atoms with Crippen LogP contribution in [0, 0.1) is 0 Å². The summed E-state index contributed by atoms with van der Waals surface area (Å²) < 4.78 is 5.27. The van der Waals surface area contributed by atoms with Crippen molar-refractivity contribution >= 4 is 17.4 Å². The van der Waals surface area contributed by atoms with Crippen LogP contribution in [0.5, 0.6) is 0 Å². The highest BCUT2D eigenvalue weighted by Crippen LogP contribution is 2.23. The third-order valence-electron chi connectivity index (χ3n) is 2.93. The minimum Gasteiger partial charge on any atom is -0.433 e. The molecule has 1 atom stereocenters. The van der Waals surface area contributed by atoms with E-state index in [1.165, 1.54) is 6.08 Å². The van der Waals surface area contributed by atoms with Crippen LogP contribution in [0.15, 0.2) is 42.6 Å². The predicted octanol–water partition coefficient (Wildman–Crippen LogP) is 2.65. The molecule has 0 saturated carbocycles. The minimum atomic E-state index is -0.855. The fraction of sp³-hybridized carbons (Fsp3) is 0.333. The number of ketones is 1. The van der Waals surface area contributed by atoms with E-state index < -0.39 is 6.23 Å². The maximum absolute atomic E-state index is 11.8. The molecule has 4 heteroatoms. The second kappa shape index (κ2) is 6.18. The molecule has 0 spiro atoms. The van der Waals surface area contributed by atoms with E-state index in [0.717, 1.165) is 18.5 Å². The Morgan fingerprint density at radius 3 is 2.74 bits per heavy atom. The molecular formula is C15H17NO3. The van der Waals surface area contributed by atoms with Gasteiger partial charge < -0.3 is 9.64 Å². The Morgan fingerprint density at radius 2 is 2.05 bits per heavy atom. The maximum atomic E-state index is 11.8. The summed E-state index contributed by atoms with van der Waals surface area (Å²) in [6.45, 7) is 2.01. The molecule has 4 nitrogen and oxygen atoms in total. The Hall–Kier alpha value is -2.10. The molecule has 0 aliphatic carbocycles. The lowest BCUT2D eigenvalue weighted by molar-refractivity contribution is -0.152. The van der Waals surface area contributed by atoms with E-state index in [0.29, 0.717) is 6.42 Å². The lowest BCUT2D eigenvalue weighted by Gasteiger charge is -2.24. The molecule has 0 amide bonds. The molecule has 1 aromatic rings. The number of hydrogen-bond acceptors (Lipinski definition) is 4. The lowest BCUT2D eigenvalue weighted by Crippen LogP contribution is -2.36. The van der Waals surface area contributed by atoms with E-state index >= 15 is 0 Å². The second-order valence-corrected chi connectivity index (χ2v) is 4.41. The number of rotatable bonds is 5. The average Bonchev–Trinajstić information content (AvgIpc) is 2.79. The summed E-state index contributed by atoms with van der Waals surface area (Å²) in [6, 6.07) is 9.39. The number of unbranched alkanes of at least 4 members (excludes halogenated alkanes) is 1. The number of carbonyl (C=O) groups excluding carboxylic acids is 2. The van der Waals surface area contributed by atoms with Gasteiger partial charge >= 0.3 is 5.97 Å². The van der Waals surface area contributed by atoms with Crippen molar-refractivity contribution in [3.8, 4) is 0 Å². The number of ether oxygens (including phenoxy) is 1. The highest BCUT2D eigenvalue weighted by atomic mass is 16.6. The SMILES string of the molecule is CCCCC(=O)OC1C(=O)C=CN1c1ccccc1. The fourth-order valence-corrected chi connectivity index (χ4v) is 1.89. The number of para-hydroxylation sites is 1. The Labute approximate surface area is 112 Å². The van der Waals surface area contributed by atoms with Crippen molar-refractivity contribution < 1.29 is 14.3 Å². The van der Waals surface area contributed by atoms with Gasteiger partial charge in [-0.05, 0) is 18.6 Å². The van der Waals surface area contributed by atoms with Crippen LogP contribution in [0.3, 0.4) is 0 Å². The van der Waals surface area contributed by atoms with Crippen LogP contribution in [-0.4, -0.2) is 18.0 Å². The third kappa shape index (κ3) is 3.22. The first kappa shape index (κ1) is 13.3. The van der Waals surface area contributed by atoms with E-state index in [1.54, 1.807) is 11.1 Å². The second-order valence-electron chi connectivity index (χ2n) is 4.41. The van der Waals surface area contributed by atoms with Gasteiger partial charge in [0, 0.05) is 24.4 Å². The molecular weight excluding hydrogens is 242 g/mol. The molecule has 0 bridgehead atoms. The first-order valence-corrected chi connectivity index (χ1v) is 6.47. The zero-order valence-corrected chi connectivity index (χ0v) is 10.9. The number of benzene rings is 1. The Kier molecular flexibility index (Phi) is 4.34. The number of esters is 1. The molecule has 0 fully saturated rings. The number of hydrogen-bond donors (Lipinski definition) is 0. The fourth-order valence-electron chi connectivity index (χ4n) is 1.89. The molecule has 1 aromatic carbocycles. The van der Waals surface area contributed by atoms with Crippen LogP contribution in [0.4, 0.5) is 5.69 Å². The Morgan fingerprint density at radius 1 is 1.32 bits per heavy atom. The van der Waals surface area contributed by atoms with Gasteiger partial charge in [0.2, 0.25) is 12.0 Å². The Balaban J connectivity index is 2.06. The normalized spacial score (nSPS) is 17.8. The zero-order valence-electron chi connectivity index (χ0n) is 10.9.